The Balaban J connectivity index is 1.48. The van der Waals surface area contributed by atoms with Crippen LogP contribution in [0.4, 0.5) is 26.3 Å². The molecule has 1 heterocycles. The summed E-state index contributed by atoms with van der Waals surface area (Å²) in [6, 6.07) is 10.2. The van der Waals surface area contributed by atoms with Crippen molar-refractivity contribution >= 4 is 10.8 Å². The maximum Gasteiger partial charge on any atom is 0.422 e. The number of rotatable bonds is 9. The Labute approximate surface area is 209 Å². The number of aromatic nitrogens is 2. The second-order valence-electron chi connectivity index (χ2n) is 8.51. The second kappa shape index (κ2) is 11.0. The van der Waals surface area contributed by atoms with Gasteiger partial charge < -0.3 is 4.74 Å². The molecule has 0 aliphatic rings. The number of allylic oxidation sites excluding steroid dienone is 1. The fourth-order valence-corrected chi connectivity index (χ4v) is 3.90. The Hall–Kier alpha value is -3.88. The molecule has 0 unspecified atom stereocenters. The largest absolute Gasteiger partial charge is 0.478 e. The Morgan fingerprint density at radius 3 is 2.19 bits per heavy atom. The third-order valence-corrected chi connectivity index (χ3v) is 5.76. The molecule has 0 saturated heterocycles. The molecule has 0 atom stereocenters. The molecule has 37 heavy (non-hydrogen) atoms. The van der Waals surface area contributed by atoms with Crippen molar-refractivity contribution in [3.8, 4) is 17.1 Å². The zero-order chi connectivity index (χ0) is 26.6. The van der Waals surface area contributed by atoms with E-state index in [1.165, 1.54) is 0 Å². The van der Waals surface area contributed by atoms with E-state index in [4.69, 9.17) is 0 Å². The first-order chi connectivity index (χ1) is 17.6. The first-order valence-electron chi connectivity index (χ1n) is 11.5. The van der Waals surface area contributed by atoms with Crippen LogP contribution < -0.4 is 4.74 Å². The molecule has 0 fully saturated rings. The van der Waals surface area contributed by atoms with Crippen LogP contribution in [0.15, 0.2) is 67.5 Å². The van der Waals surface area contributed by atoms with Crippen molar-refractivity contribution in [2.75, 3.05) is 6.61 Å². The van der Waals surface area contributed by atoms with Gasteiger partial charge in [0.2, 0.25) is 0 Å². The molecular weight excluding hydrogens is 494 g/mol. The predicted molar refractivity (Wildman–Crippen MR) is 129 cm³/mol. The quantitative estimate of drug-likeness (QED) is 0.170. The fraction of sp³-hybridized carbons (Fsp3) is 0.214. The summed E-state index contributed by atoms with van der Waals surface area (Å²) in [5.74, 6) is -3.54. The molecule has 4 rings (SSSR count). The topological polar surface area (TPSA) is 35.0 Å². The van der Waals surface area contributed by atoms with E-state index in [-0.39, 0.29) is 18.4 Å². The van der Waals surface area contributed by atoms with Crippen LogP contribution in [-0.4, -0.2) is 22.8 Å². The summed E-state index contributed by atoms with van der Waals surface area (Å²) in [6.45, 7) is 1.89. The molecule has 0 radical (unpaired) electrons. The number of hydrogen-bond acceptors (Lipinski definition) is 3. The van der Waals surface area contributed by atoms with Crippen LogP contribution in [0.2, 0.25) is 0 Å². The Kier molecular flexibility index (Phi) is 7.80. The zero-order valence-electron chi connectivity index (χ0n) is 19.6. The Morgan fingerprint density at radius 2 is 1.54 bits per heavy atom. The first kappa shape index (κ1) is 26.2. The maximum atomic E-state index is 15.2. The van der Waals surface area contributed by atoms with Crippen LogP contribution in [0.3, 0.4) is 0 Å². The average Bonchev–Trinajstić information content (AvgIpc) is 2.86. The van der Waals surface area contributed by atoms with Crippen LogP contribution in [0.1, 0.15) is 23.1 Å². The smallest absolute Gasteiger partial charge is 0.422 e. The van der Waals surface area contributed by atoms with Gasteiger partial charge in [0.25, 0.3) is 0 Å². The van der Waals surface area contributed by atoms with Crippen molar-refractivity contribution in [1.82, 2.24) is 9.97 Å². The van der Waals surface area contributed by atoms with Crippen LogP contribution in [0.25, 0.3) is 22.2 Å². The zero-order valence-corrected chi connectivity index (χ0v) is 19.6. The van der Waals surface area contributed by atoms with Gasteiger partial charge in [-0.05, 0) is 66.0 Å². The van der Waals surface area contributed by atoms with Gasteiger partial charge in [-0.3, -0.25) is 0 Å². The number of hydrogen-bond donors (Lipinski definition) is 0. The lowest BCUT2D eigenvalue weighted by Crippen LogP contribution is -2.20. The third-order valence-electron chi connectivity index (χ3n) is 5.76. The van der Waals surface area contributed by atoms with Crippen molar-refractivity contribution in [1.29, 1.82) is 0 Å². The van der Waals surface area contributed by atoms with Crippen LogP contribution in [-0.2, 0) is 19.3 Å². The van der Waals surface area contributed by atoms with E-state index in [1.54, 1.807) is 42.7 Å². The summed E-state index contributed by atoms with van der Waals surface area (Å²) in [5, 5.41) is 1.01. The van der Waals surface area contributed by atoms with E-state index in [0.29, 0.717) is 22.2 Å². The van der Waals surface area contributed by atoms with Crippen LogP contribution in [0.5, 0.6) is 5.75 Å². The van der Waals surface area contributed by atoms with Crippen molar-refractivity contribution < 1.29 is 31.1 Å². The first-order valence-corrected chi connectivity index (χ1v) is 11.5. The Morgan fingerprint density at radius 1 is 0.838 bits per heavy atom. The van der Waals surface area contributed by atoms with E-state index in [0.717, 1.165) is 36.1 Å². The van der Waals surface area contributed by atoms with E-state index in [9.17, 15) is 22.0 Å². The highest BCUT2D eigenvalue weighted by atomic mass is 19.4. The molecule has 0 saturated carbocycles. The minimum atomic E-state index is -4.73. The molecule has 9 heteroatoms. The summed E-state index contributed by atoms with van der Waals surface area (Å²) in [7, 11) is 0. The Bertz CT molecular complexity index is 1390. The highest BCUT2D eigenvalue weighted by Crippen LogP contribution is 2.29. The fourth-order valence-electron chi connectivity index (χ4n) is 3.90. The second-order valence-corrected chi connectivity index (χ2v) is 8.51. The molecule has 3 aromatic carbocycles. The summed E-state index contributed by atoms with van der Waals surface area (Å²) in [6.07, 6.45) is 2.41. The standard InChI is InChI=1S/C28H22F6N2O/c1-2-3-4-18-14-35-27(36-15-18)21-9-10-22-20(13-21)8-7-19(25(22)31)6-5-17-11-23(29)26(24(30)12-17)37-16-28(32,33)34/h2,7-15H,1,3-6,16H2. The normalized spacial score (nSPS) is 11.6. The van der Waals surface area contributed by atoms with Crippen molar-refractivity contribution in [2.24, 2.45) is 0 Å². The highest BCUT2D eigenvalue weighted by Gasteiger charge is 2.30. The van der Waals surface area contributed by atoms with Crippen LogP contribution in [0, 0.1) is 17.5 Å². The predicted octanol–water partition coefficient (Wildman–Crippen LogP) is 7.56. The minimum absolute atomic E-state index is 0.0694. The highest BCUT2D eigenvalue weighted by molar-refractivity contribution is 5.87. The maximum absolute atomic E-state index is 15.2. The van der Waals surface area contributed by atoms with Crippen molar-refractivity contribution in [2.45, 2.75) is 31.9 Å². The molecule has 0 N–H and O–H groups in total. The molecule has 1 aromatic heterocycles. The van der Waals surface area contributed by atoms with Crippen molar-refractivity contribution in [3.05, 3.63) is 102 Å². The van der Waals surface area contributed by atoms with E-state index in [1.807, 2.05) is 6.08 Å². The number of alkyl halides is 3. The monoisotopic (exact) mass is 516 g/mol. The molecule has 0 aliphatic carbocycles. The van der Waals surface area contributed by atoms with Gasteiger partial charge >= 0.3 is 6.18 Å². The lowest BCUT2D eigenvalue weighted by molar-refractivity contribution is -0.154. The van der Waals surface area contributed by atoms with Crippen LogP contribution >= 0.6 is 0 Å². The van der Waals surface area contributed by atoms with Gasteiger partial charge in [-0.2, -0.15) is 13.2 Å². The van der Waals surface area contributed by atoms with E-state index in [2.05, 4.69) is 21.3 Å². The molecule has 0 bridgehead atoms. The van der Waals surface area contributed by atoms with Gasteiger partial charge in [0.05, 0.1) is 0 Å². The molecule has 0 aliphatic heterocycles. The number of aryl methyl sites for hydroxylation is 3. The summed E-state index contributed by atoms with van der Waals surface area (Å²) in [5.41, 5.74) is 2.22. The molecule has 3 nitrogen and oxygen atoms in total. The number of nitrogens with zero attached hydrogens (tertiary/aromatic N) is 2. The van der Waals surface area contributed by atoms with Gasteiger partial charge in [0.15, 0.2) is 29.8 Å². The molecule has 0 amide bonds. The average molecular weight is 516 g/mol. The van der Waals surface area contributed by atoms with Gasteiger partial charge in [-0.25, -0.2) is 23.1 Å². The van der Waals surface area contributed by atoms with Gasteiger partial charge in [-0.15, -0.1) is 6.58 Å². The SMILES string of the molecule is C=CCCc1cnc(-c2ccc3c(F)c(CCc4cc(F)c(OCC(F)(F)F)c(F)c4)ccc3c2)nc1. The van der Waals surface area contributed by atoms with Gasteiger partial charge in [-0.1, -0.05) is 30.3 Å². The van der Waals surface area contributed by atoms with E-state index < -0.39 is 36.0 Å². The third kappa shape index (κ3) is 6.47. The minimum Gasteiger partial charge on any atom is -0.478 e. The van der Waals surface area contributed by atoms with E-state index >= 15 is 4.39 Å². The number of benzene rings is 3. The molecule has 4 aromatic rings. The number of ether oxygens (including phenoxy) is 1. The summed E-state index contributed by atoms with van der Waals surface area (Å²) in [4.78, 5) is 8.78. The molecule has 0 spiro atoms. The van der Waals surface area contributed by atoms with Gasteiger partial charge in [0, 0.05) is 23.3 Å². The lowest BCUT2D eigenvalue weighted by atomic mass is 9.98. The number of halogens is 6. The molecular formula is C28H22F6N2O. The van der Waals surface area contributed by atoms with Gasteiger partial charge in [0.1, 0.15) is 5.82 Å². The lowest BCUT2D eigenvalue weighted by Gasteiger charge is -2.12. The number of fused-ring (bicyclic) bond motifs is 1. The van der Waals surface area contributed by atoms with Crippen molar-refractivity contribution in [3.63, 3.8) is 0 Å². The summed E-state index contributed by atoms with van der Waals surface area (Å²) < 4.78 is 84.6. The summed E-state index contributed by atoms with van der Waals surface area (Å²) >= 11 is 0. The molecule has 192 valence electrons.